The number of aromatic amines is 1. The predicted molar refractivity (Wildman–Crippen MR) is 81.1 cm³/mol. The summed E-state index contributed by atoms with van der Waals surface area (Å²) in [4.78, 5) is 47.4. The Hall–Kier alpha value is -2.75. The van der Waals surface area contributed by atoms with Gasteiger partial charge in [0, 0.05) is 6.92 Å². The Morgan fingerprint density at radius 1 is 1.36 bits per heavy atom. The van der Waals surface area contributed by atoms with E-state index in [1.54, 1.807) is 0 Å². The van der Waals surface area contributed by atoms with Crippen LogP contribution in [0.1, 0.15) is 27.0 Å². The minimum Gasteiger partial charge on any atom is -0.460 e. The van der Waals surface area contributed by atoms with Crippen LogP contribution < -0.4 is 11.2 Å². The van der Waals surface area contributed by atoms with Crippen LogP contribution >= 0.6 is 0 Å². The molecular weight excluding hydrogens is 339 g/mol. The Balaban J connectivity index is 1.96. The van der Waals surface area contributed by atoms with Gasteiger partial charge in [-0.3, -0.25) is 19.1 Å². The van der Waals surface area contributed by atoms with Gasteiger partial charge in [-0.25, -0.2) is 9.59 Å². The van der Waals surface area contributed by atoms with E-state index >= 15 is 0 Å². The SMILES string of the molecule is CC(=O)OC(C)(C)C(=O)OCC1C=CC(n2cc(F)c(=O)[nH]c2=O)O1. The second-order valence-electron chi connectivity index (χ2n) is 5.80. The first-order valence-electron chi connectivity index (χ1n) is 7.31. The van der Waals surface area contributed by atoms with Gasteiger partial charge in [-0.1, -0.05) is 6.08 Å². The molecule has 1 aromatic rings. The lowest BCUT2D eigenvalue weighted by Crippen LogP contribution is -2.39. The third-order valence-corrected chi connectivity index (χ3v) is 3.27. The highest BCUT2D eigenvalue weighted by Crippen LogP contribution is 2.20. The van der Waals surface area contributed by atoms with Crippen molar-refractivity contribution in [2.45, 2.75) is 38.7 Å². The highest BCUT2D eigenvalue weighted by atomic mass is 19.1. The molecule has 2 rings (SSSR count). The van der Waals surface area contributed by atoms with Crippen molar-refractivity contribution in [3.63, 3.8) is 0 Å². The van der Waals surface area contributed by atoms with E-state index in [0.717, 1.165) is 10.8 Å². The number of carbonyl (C=O) groups is 2. The van der Waals surface area contributed by atoms with Crippen molar-refractivity contribution in [3.8, 4) is 0 Å². The van der Waals surface area contributed by atoms with Crippen molar-refractivity contribution in [1.82, 2.24) is 9.55 Å². The van der Waals surface area contributed by atoms with E-state index in [1.807, 2.05) is 4.98 Å². The number of esters is 2. The third-order valence-electron chi connectivity index (χ3n) is 3.27. The Labute approximate surface area is 141 Å². The van der Waals surface area contributed by atoms with Crippen molar-refractivity contribution in [3.05, 3.63) is 45.0 Å². The second kappa shape index (κ2) is 7.01. The Bertz CT molecular complexity index is 824. The lowest BCUT2D eigenvalue weighted by Gasteiger charge is -2.23. The van der Waals surface area contributed by atoms with Gasteiger partial charge in [0.2, 0.25) is 11.4 Å². The van der Waals surface area contributed by atoms with Crippen LogP contribution in [0.5, 0.6) is 0 Å². The van der Waals surface area contributed by atoms with Crippen LogP contribution in [0.25, 0.3) is 0 Å². The first-order chi connectivity index (χ1) is 11.6. The fourth-order valence-corrected chi connectivity index (χ4v) is 2.12. The molecule has 2 atom stereocenters. The van der Waals surface area contributed by atoms with Gasteiger partial charge in [-0.15, -0.1) is 0 Å². The minimum absolute atomic E-state index is 0.197. The summed E-state index contributed by atoms with van der Waals surface area (Å²) in [6, 6.07) is 0. The average molecular weight is 356 g/mol. The zero-order valence-corrected chi connectivity index (χ0v) is 13.8. The van der Waals surface area contributed by atoms with Crippen molar-refractivity contribution in [2.24, 2.45) is 0 Å². The average Bonchev–Trinajstić information content (AvgIpc) is 2.95. The summed E-state index contributed by atoms with van der Waals surface area (Å²) in [5, 5.41) is 0. The van der Waals surface area contributed by atoms with Gasteiger partial charge in [0.1, 0.15) is 12.7 Å². The molecule has 2 unspecified atom stereocenters. The van der Waals surface area contributed by atoms with Crippen molar-refractivity contribution in [2.75, 3.05) is 6.61 Å². The summed E-state index contributed by atoms with van der Waals surface area (Å²) in [6.07, 6.45) is 2.06. The van der Waals surface area contributed by atoms with Crippen LogP contribution in [0.2, 0.25) is 0 Å². The number of nitrogens with zero attached hydrogens (tertiary/aromatic N) is 1. The summed E-state index contributed by atoms with van der Waals surface area (Å²) < 4.78 is 29.5. The topological polar surface area (TPSA) is 117 Å². The van der Waals surface area contributed by atoms with Crippen molar-refractivity contribution in [1.29, 1.82) is 0 Å². The van der Waals surface area contributed by atoms with Crippen LogP contribution in [0.4, 0.5) is 4.39 Å². The van der Waals surface area contributed by atoms with Gasteiger partial charge < -0.3 is 14.2 Å². The molecule has 0 saturated heterocycles. The lowest BCUT2D eigenvalue weighted by atomic mass is 10.1. The van der Waals surface area contributed by atoms with Gasteiger partial charge in [0.05, 0.1) is 6.20 Å². The number of rotatable bonds is 5. The molecule has 25 heavy (non-hydrogen) atoms. The maximum atomic E-state index is 13.3. The molecule has 2 heterocycles. The van der Waals surface area contributed by atoms with Crippen LogP contribution in [0, 0.1) is 5.82 Å². The summed E-state index contributed by atoms with van der Waals surface area (Å²) in [7, 11) is 0. The standard InChI is InChI=1S/C15H17FN2O7/c1-8(19)25-15(2,3)13(21)23-7-9-4-5-11(24-9)18-6-10(16)12(20)17-14(18)22/h4-6,9,11H,7H2,1-3H3,(H,17,20,22). The van der Waals surface area contributed by atoms with E-state index in [1.165, 1.54) is 32.9 Å². The quantitative estimate of drug-likeness (QED) is 0.583. The van der Waals surface area contributed by atoms with Gasteiger partial charge in [-0.05, 0) is 19.9 Å². The number of hydrogen-bond donors (Lipinski definition) is 1. The van der Waals surface area contributed by atoms with E-state index in [9.17, 15) is 23.6 Å². The lowest BCUT2D eigenvalue weighted by molar-refractivity contribution is -0.179. The van der Waals surface area contributed by atoms with Gasteiger partial charge in [-0.2, -0.15) is 4.39 Å². The van der Waals surface area contributed by atoms with Gasteiger partial charge >= 0.3 is 17.6 Å². The zero-order valence-electron chi connectivity index (χ0n) is 13.8. The number of halogens is 1. The smallest absolute Gasteiger partial charge is 0.350 e. The molecule has 0 aromatic carbocycles. The van der Waals surface area contributed by atoms with E-state index in [4.69, 9.17) is 14.2 Å². The first kappa shape index (κ1) is 18.6. The van der Waals surface area contributed by atoms with E-state index in [-0.39, 0.29) is 6.61 Å². The molecule has 0 spiro atoms. The number of nitrogens with one attached hydrogen (secondary N) is 1. The number of H-pyrrole nitrogens is 1. The number of hydrogen-bond acceptors (Lipinski definition) is 7. The highest BCUT2D eigenvalue weighted by Gasteiger charge is 2.34. The first-order valence-corrected chi connectivity index (χ1v) is 7.31. The van der Waals surface area contributed by atoms with Crippen LogP contribution in [0.15, 0.2) is 27.9 Å². The van der Waals surface area contributed by atoms with Gasteiger partial charge in [0.15, 0.2) is 6.23 Å². The predicted octanol–water partition coefficient (Wildman–Crippen LogP) is 0.0142. The molecule has 0 bridgehead atoms. The summed E-state index contributed by atoms with van der Waals surface area (Å²) in [5.74, 6) is -2.52. The molecule has 10 heteroatoms. The number of aromatic nitrogens is 2. The number of ether oxygens (including phenoxy) is 3. The van der Waals surface area contributed by atoms with Crippen LogP contribution in [0.3, 0.4) is 0 Å². The molecule has 1 N–H and O–H groups in total. The Kier molecular flexibility index (Phi) is 5.21. The zero-order chi connectivity index (χ0) is 18.8. The highest BCUT2D eigenvalue weighted by molar-refractivity contribution is 5.82. The molecule has 1 aliphatic heterocycles. The molecule has 0 fully saturated rings. The molecule has 0 amide bonds. The Morgan fingerprint density at radius 2 is 2.04 bits per heavy atom. The monoisotopic (exact) mass is 356 g/mol. The fourth-order valence-electron chi connectivity index (χ4n) is 2.12. The van der Waals surface area contributed by atoms with Crippen LogP contribution in [-0.2, 0) is 23.8 Å². The molecule has 9 nitrogen and oxygen atoms in total. The van der Waals surface area contributed by atoms with E-state index in [2.05, 4.69) is 0 Å². The maximum absolute atomic E-state index is 13.3. The molecule has 0 saturated carbocycles. The second-order valence-corrected chi connectivity index (χ2v) is 5.80. The molecular formula is C15H17FN2O7. The minimum atomic E-state index is -1.45. The number of carbonyl (C=O) groups excluding carboxylic acids is 2. The van der Waals surface area contributed by atoms with Crippen LogP contribution in [-0.4, -0.2) is 39.8 Å². The maximum Gasteiger partial charge on any atom is 0.350 e. The van der Waals surface area contributed by atoms with E-state index < -0.39 is 46.9 Å². The van der Waals surface area contributed by atoms with E-state index in [0.29, 0.717) is 0 Å². The molecule has 136 valence electrons. The normalized spacial score (nSPS) is 19.7. The summed E-state index contributed by atoms with van der Waals surface area (Å²) in [5.41, 5.74) is -3.41. The molecule has 1 aliphatic rings. The van der Waals surface area contributed by atoms with Gasteiger partial charge in [0.25, 0.3) is 5.56 Å². The summed E-state index contributed by atoms with van der Waals surface area (Å²) in [6.45, 7) is 3.74. The fraction of sp³-hybridized carbons (Fsp3) is 0.467. The summed E-state index contributed by atoms with van der Waals surface area (Å²) >= 11 is 0. The largest absolute Gasteiger partial charge is 0.460 e. The molecule has 1 aromatic heterocycles. The third kappa shape index (κ3) is 4.41. The molecule has 0 radical (unpaired) electrons. The molecule has 0 aliphatic carbocycles. The Morgan fingerprint density at radius 3 is 2.68 bits per heavy atom. The van der Waals surface area contributed by atoms with Crippen molar-refractivity contribution < 1.29 is 28.2 Å². The van der Waals surface area contributed by atoms with Crippen molar-refractivity contribution >= 4 is 11.9 Å².